The van der Waals surface area contributed by atoms with Crippen LogP contribution in [0, 0.1) is 0 Å². The van der Waals surface area contributed by atoms with Crippen LogP contribution in [0.2, 0.25) is 0 Å². The third-order valence-corrected chi connectivity index (χ3v) is 11.3. The summed E-state index contributed by atoms with van der Waals surface area (Å²) in [7, 11) is 0. The number of hydrogen-bond acceptors (Lipinski definition) is 4. The van der Waals surface area contributed by atoms with Crippen molar-refractivity contribution >= 4 is 34.0 Å². The van der Waals surface area contributed by atoms with Gasteiger partial charge in [-0.2, -0.15) is 0 Å². The van der Waals surface area contributed by atoms with Crippen LogP contribution in [0.4, 0.5) is 17.1 Å². The molecule has 1 spiro atoms. The van der Waals surface area contributed by atoms with E-state index in [1.165, 1.54) is 44.9 Å². The van der Waals surface area contributed by atoms with E-state index in [9.17, 15) is 0 Å². The lowest BCUT2D eigenvalue weighted by molar-refractivity contribution is 0.659. The predicted molar refractivity (Wildman–Crippen MR) is 232 cm³/mol. The second-order valence-corrected chi connectivity index (χ2v) is 14.5. The van der Waals surface area contributed by atoms with Crippen LogP contribution < -0.4 is 16.0 Å². The molecule has 0 radical (unpaired) electrons. The fourth-order valence-corrected chi connectivity index (χ4v) is 8.84. The molecule has 0 bridgehead atoms. The molecule has 2 aliphatic heterocycles. The Morgan fingerprint density at radius 2 is 1.25 bits per heavy atom. The number of para-hydroxylation sites is 3. The molecular formula is C52H40N4. The number of rotatable bonds is 7. The summed E-state index contributed by atoms with van der Waals surface area (Å²) < 4.78 is 0. The summed E-state index contributed by atoms with van der Waals surface area (Å²) in [6.07, 6.45) is 6.56. The highest BCUT2D eigenvalue weighted by molar-refractivity contribution is 6.12. The van der Waals surface area contributed by atoms with Crippen LogP contribution in [0.25, 0.3) is 22.4 Å². The van der Waals surface area contributed by atoms with E-state index in [4.69, 9.17) is 10.7 Å². The highest BCUT2D eigenvalue weighted by atomic mass is 15.2. The molecule has 0 unspecified atom stereocenters. The molecule has 0 amide bonds. The molecule has 2 heterocycles. The average Bonchev–Trinajstić information content (AvgIpc) is 3.56. The van der Waals surface area contributed by atoms with E-state index in [0.29, 0.717) is 12.2 Å². The SMILES string of the molecule is N/C(=C\C(=NCc1ccccc1)c1ccccc1)c1cccc(-c2ccc3c(c2)C2(C4=C3C=CCN4)c3ccccc3N(c3ccccc3)c3ccccc32)c1. The summed E-state index contributed by atoms with van der Waals surface area (Å²) in [4.78, 5) is 7.45. The van der Waals surface area contributed by atoms with Gasteiger partial charge in [-0.1, -0.05) is 158 Å². The number of benzene rings is 7. The maximum Gasteiger partial charge on any atom is 0.0901 e. The molecule has 4 heteroatoms. The van der Waals surface area contributed by atoms with Gasteiger partial charge in [-0.05, 0) is 92.5 Å². The molecule has 56 heavy (non-hydrogen) atoms. The highest BCUT2D eigenvalue weighted by Gasteiger charge is 2.53. The van der Waals surface area contributed by atoms with Gasteiger partial charge < -0.3 is 16.0 Å². The van der Waals surface area contributed by atoms with E-state index >= 15 is 0 Å². The first-order chi connectivity index (χ1) is 27.7. The minimum atomic E-state index is -0.541. The zero-order valence-electron chi connectivity index (χ0n) is 30.9. The third-order valence-electron chi connectivity index (χ3n) is 11.3. The van der Waals surface area contributed by atoms with Crippen molar-refractivity contribution < 1.29 is 0 Å². The first-order valence-corrected chi connectivity index (χ1v) is 19.3. The van der Waals surface area contributed by atoms with E-state index in [2.05, 4.69) is 168 Å². The van der Waals surface area contributed by atoms with Crippen LogP contribution in [-0.4, -0.2) is 12.3 Å². The fraction of sp³-hybridized carbons (Fsp3) is 0.0577. The van der Waals surface area contributed by atoms with Crippen LogP contribution in [0.1, 0.15) is 38.9 Å². The van der Waals surface area contributed by atoms with Crippen molar-refractivity contribution in [2.75, 3.05) is 11.4 Å². The van der Waals surface area contributed by atoms with Crippen LogP contribution in [0.15, 0.2) is 211 Å². The Bertz CT molecular complexity index is 2680. The fourth-order valence-electron chi connectivity index (χ4n) is 8.84. The number of nitrogens with one attached hydrogen (secondary N) is 1. The van der Waals surface area contributed by atoms with Crippen LogP contribution >= 0.6 is 0 Å². The second kappa shape index (κ2) is 13.9. The molecule has 0 atom stereocenters. The molecule has 7 aromatic carbocycles. The van der Waals surface area contributed by atoms with Gasteiger partial charge in [0.05, 0.1) is 29.0 Å². The van der Waals surface area contributed by atoms with Crippen LogP contribution in [-0.2, 0) is 12.0 Å². The number of hydrogen-bond donors (Lipinski definition) is 2. The van der Waals surface area contributed by atoms with Crippen LogP contribution in [0.5, 0.6) is 0 Å². The Balaban J connectivity index is 1.11. The molecule has 0 saturated carbocycles. The van der Waals surface area contributed by atoms with Gasteiger partial charge >= 0.3 is 0 Å². The number of allylic oxidation sites excluding steroid dienone is 4. The largest absolute Gasteiger partial charge is 0.398 e. The zero-order valence-corrected chi connectivity index (χ0v) is 30.9. The van der Waals surface area contributed by atoms with Gasteiger partial charge in [0.15, 0.2) is 0 Å². The molecule has 0 fully saturated rings. The first-order valence-electron chi connectivity index (χ1n) is 19.3. The number of fused-ring (bicyclic) bond motifs is 8. The maximum absolute atomic E-state index is 6.95. The summed E-state index contributed by atoms with van der Waals surface area (Å²) >= 11 is 0. The van der Waals surface area contributed by atoms with Crippen molar-refractivity contribution in [1.82, 2.24) is 5.32 Å². The number of dihydropyridines is 1. The topological polar surface area (TPSA) is 53.6 Å². The van der Waals surface area contributed by atoms with Gasteiger partial charge in [0.1, 0.15) is 0 Å². The van der Waals surface area contributed by atoms with Gasteiger partial charge in [0.25, 0.3) is 0 Å². The second-order valence-electron chi connectivity index (χ2n) is 14.5. The Labute approximate surface area is 328 Å². The molecule has 3 N–H and O–H groups in total. The molecular weight excluding hydrogens is 681 g/mol. The lowest BCUT2D eigenvalue weighted by Crippen LogP contribution is -2.41. The number of anilines is 3. The Morgan fingerprint density at radius 1 is 0.625 bits per heavy atom. The van der Waals surface area contributed by atoms with E-state index in [1.807, 2.05) is 42.5 Å². The standard InChI is InChI=1S/C52H40N4/c53-47(34-48(37-18-6-2-7-19-37)55-35-36-16-4-1-5-17-36)40-21-14-20-38(32-40)39-29-30-42-43-24-15-31-54-51(43)52(46(42)33-39)44-25-10-12-27-49(44)56(41-22-8-3-9-23-41)50-28-13-11-26-45(50)52/h1-30,32-34,54H,31,35,53H2/b47-34-,55-48?. The molecule has 3 aliphatic rings. The van der Waals surface area contributed by atoms with Gasteiger partial charge in [0, 0.05) is 29.2 Å². The summed E-state index contributed by atoms with van der Waals surface area (Å²) in [5.74, 6) is 0. The first kappa shape index (κ1) is 33.4. The van der Waals surface area contributed by atoms with Gasteiger partial charge in [-0.25, -0.2) is 0 Å². The minimum absolute atomic E-state index is 0.541. The van der Waals surface area contributed by atoms with E-state index in [0.717, 1.165) is 45.8 Å². The lowest BCUT2D eigenvalue weighted by Gasteiger charge is -2.46. The number of nitrogens with zero attached hydrogens (tertiary/aromatic N) is 2. The van der Waals surface area contributed by atoms with Crippen LogP contribution in [0.3, 0.4) is 0 Å². The minimum Gasteiger partial charge on any atom is -0.398 e. The van der Waals surface area contributed by atoms with Crippen molar-refractivity contribution in [3.05, 3.63) is 245 Å². The predicted octanol–water partition coefficient (Wildman–Crippen LogP) is 11.3. The summed E-state index contributed by atoms with van der Waals surface area (Å²) in [6, 6.07) is 64.8. The van der Waals surface area contributed by atoms with Crippen molar-refractivity contribution in [2.45, 2.75) is 12.0 Å². The smallest absolute Gasteiger partial charge is 0.0901 e. The Morgan fingerprint density at radius 3 is 1.98 bits per heavy atom. The Kier molecular flexibility index (Phi) is 8.30. The summed E-state index contributed by atoms with van der Waals surface area (Å²) in [5.41, 5.74) is 24.4. The molecule has 10 rings (SSSR count). The molecule has 7 aromatic rings. The highest BCUT2D eigenvalue weighted by Crippen LogP contribution is 2.62. The van der Waals surface area contributed by atoms with E-state index in [1.54, 1.807) is 0 Å². The number of aliphatic imine (C=N–C) groups is 1. The van der Waals surface area contributed by atoms with Crippen molar-refractivity contribution in [1.29, 1.82) is 0 Å². The lowest BCUT2D eigenvalue weighted by atomic mass is 9.65. The van der Waals surface area contributed by atoms with Crippen molar-refractivity contribution in [3.8, 4) is 11.1 Å². The molecule has 268 valence electrons. The van der Waals surface area contributed by atoms with E-state index < -0.39 is 5.41 Å². The van der Waals surface area contributed by atoms with Gasteiger partial charge in [-0.15, -0.1) is 0 Å². The maximum atomic E-state index is 6.95. The average molecular weight is 721 g/mol. The normalized spacial score (nSPS) is 15.2. The van der Waals surface area contributed by atoms with E-state index in [-0.39, 0.29) is 0 Å². The summed E-state index contributed by atoms with van der Waals surface area (Å²) in [5, 5.41) is 3.90. The number of nitrogens with two attached hydrogens (primary N) is 1. The molecule has 0 saturated heterocycles. The quantitative estimate of drug-likeness (QED) is 0.161. The van der Waals surface area contributed by atoms with Crippen molar-refractivity contribution in [3.63, 3.8) is 0 Å². The van der Waals surface area contributed by atoms with Crippen molar-refractivity contribution in [2.24, 2.45) is 10.7 Å². The molecule has 0 aromatic heterocycles. The summed E-state index contributed by atoms with van der Waals surface area (Å²) in [6.45, 7) is 1.35. The molecule has 1 aliphatic carbocycles. The third kappa shape index (κ3) is 5.49. The van der Waals surface area contributed by atoms with Gasteiger partial charge in [-0.3, -0.25) is 4.99 Å². The Hall–Kier alpha value is -7.17. The zero-order chi connectivity index (χ0) is 37.5. The van der Waals surface area contributed by atoms with Gasteiger partial charge in [0.2, 0.25) is 0 Å². The monoisotopic (exact) mass is 720 g/mol. The molecule has 4 nitrogen and oxygen atoms in total.